The van der Waals surface area contributed by atoms with Crippen LogP contribution >= 0.6 is 0 Å². The number of hydrogen-bond donors (Lipinski definition) is 1. The van der Waals surface area contributed by atoms with Crippen molar-refractivity contribution < 1.29 is 4.74 Å². The lowest BCUT2D eigenvalue weighted by atomic mass is 9.72. The zero-order valence-electron chi connectivity index (χ0n) is 13.5. The van der Waals surface area contributed by atoms with E-state index in [0.29, 0.717) is 0 Å². The first-order valence-corrected chi connectivity index (χ1v) is 8.03. The Balaban J connectivity index is 2.56. The highest BCUT2D eigenvalue weighted by molar-refractivity contribution is 4.95. The molecule has 1 saturated carbocycles. The lowest BCUT2D eigenvalue weighted by molar-refractivity contribution is 0.0263. The molecular formula is C16H34N2O. The fourth-order valence-electron chi connectivity index (χ4n) is 3.60. The Kier molecular flexibility index (Phi) is 7.33. The summed E-state index contributed by atoms with van der Waals surface area (Å²) in [7, 11) is 2.23. The minimum atomic E-state index is 0.217. The van der Waals surface area contributed by atoms with E-state index in [-0.39, 0.29) is 5.54 Å². The van der Waals surface area contributed by atoms with Gasteiger partial charge in [-0.15, -0.1) is 0 Å². The molecule has 3 heteroatoms. The van der Waals surface area contributed by atoms with Crippen LogP contribution in [0.15, 0.2) is 0 Å². The van der Waals surface area contributed by atoms with Gasteiger partial charge in [0.1, 0.15) is 0 Å². The summed E-state index contributed by atoms with van der Waals surface area (Å²) >= 11 is 0. The van der Waals surface area contributed by atoms with Crippen molar-refractivity contribution >= 4 is 0 Å². The smallest absolute Gasteiger partial charge is 0.0593 e. The average molecular weight is 270 g/mol. The average Bonchev–Trinajstić information content (AvgIpc) is 2.38. The van der Waals surface area contributed by atoms with Crippen LogP contribution in [0.1, 0.15) is 52.9 Å². The number of nitrogens with two attached hydrogens (primary N) is 1. The number of rotatable bonds is 8. The minimum absolute atomic E-state index is 0.217. The summed E-state index contributed by atoms with van der Waals surface area (Å²) in [5, 5.41) is 0. The molecule has 19 heavy (non-hydrogen) atoms. The van der Waals surface area contributed by atoms with Crippen molar-refractivity contribution in [2.75, 3.05) is 33.4 Å². The van der Waals surface area contributed by atoms with E-state index >= 15 is 0 Å². The van der Waals surface area contributed by atoms with Crippen molar-refractivity contribution in [1.29, 1.82) is 0 Å². The van der Waals surface area contributed by atoms with Crippen molar-refractivity contribution in [3.05, 3.63) is 0 Å². The van der Waals surface area contributed by atoms with Gasteiger partial charge >= 0.3 is 0 Å². The first-order valence-electron chi connectivity index (χ1n) is 8.03. The first-order chi connectivity index (χ1) is 9.04. The monoisotopic (exact) mass is 270 g/mol. The molecule has 2 unspecified atom stereocenters. The Labute approximate surface area is 119 Å². The molecule has 0 radical (unpaired) electrons. The molecule has 0 aromatic carbocycles. The third kappa shape index (κ3) is 5.05. The Morgan fingerprint density at radius 2 is 2.16 bits per heavy atom. The maximum Gasteiger partial charge on any atom is 0.0593 e. The lowest BCUT2D eigenvalue weighted by Crippen LogP contribution is -2.55. The number of hydrogen-bond acceptors (Lipinski definition) is 3. The van der Waals surface area contributed by atoms with E-state index in [1.165, 1.54) is 32.1 Å². The molecule has 0 aliphatic heterocycles. The SMILES string of the molecule is CCOCCN(C)C1(CN)CCCC(CC(C)C)C1. The van der Waals surface area contributed by atoms with Crippen LogP contribution in [0.2, 0.25) is 0 Å². The van der Waals surface area contributed by atoms with Crippen molar-refractivity contribution in [2.24, 2.45) is 17.6 Å². The third-order valence-electron chi connectivity index (χ3n) is 4.69. The van der Waals surface area contributed by atoms with Crippen LogP contribution in [0, 0.1) is 11.8 Å². The second-order valence-electron chi connectivity index (χ2n) is 6.64. The van der Waals surface area contributed by atoms with Crippen LogP contribution in [0.25, 0.3) is 0 Å². The molecule has 0 aromatic rings. The Morgan fingerprint density at radius 3 is 2.74 bits per heavy atom. The van der Waals surface area contributed by atoms with Gasteiger partial charge in [0.05, 0.1) is 6.61 Å². The topological polar surface area (TPSA) is 38.5 Å². The van der Waals surface area contributed by atoms with Gasteiger partial charge in [0.25, 0.3) is 0 Å². The number of ether oxygens (including phenoxy) is 1. The minimum Gasteiger partial charge on any atom is -0.380 e. The van der Waals surface area contributed by atoms with Crippen LogP contribution in [-0.4, -0.2) is 43.8 Å². The zero-order chi connectivity index (χ0) is 14.3. The van der Waals surface area contributed by atoms with Gasteiger partial charge in [-0.3, -0.25) is 4.90 Å². The molecule has 0 aromatic heterocycles. The maximum absolute atomic E-state index is 6.15. The molecule has 0 saturated heterocycles. The molecule has 0 amide bonds. The van der Waals surface area contributed by atoms with E-state index in [0.717, 1.165) is 38.1 Å². The molecule has 114 valence electrons. The summed E-state index contributed by atoms with van der Waals surface area (Å²) in [6, 6.07) is 0. The molecule has 1 fully saturated rings. The molecule has 2 N–H and O–H groups in total. The fraction of sp³-hybridized carbons (Fsp3) is 1.00. The summed E-state index contributed by atoms with van der Waals surface area (Å²) in [4.78, 5) is 2.47. The van der Waals surface area contributed by atoms with Gasteiger partial charge in [-0.2, -0.15) is 0 Å². The molecule has 1 aliphatic carbocycles. The van der Waals surface area contributed by atoms with Gasteiger partial charge in [0.2, 0.25) is 0 Å². The molecule has 0 spiro atoms. The van der Waals surface area contributed by atoms with E-state index in [4.69, 9.17) is 10.5 Å². The van der Waals surface area contributed by atoms with Crippen molar-refractivity contribution in [2.45, 2.75) is 58.4 Å². The second-order valence-corrected chi connectivity index (χ2v) is 6.64. The van der Waals surface area contributed by atoms with Crippen LogP contribution in [0.3, 0.4) is 0 Å². The summed E-state index contributed by atoms with van der Waals surface area (Å²) in [6.07, 6.45) is 6.58. The Hall–Kier alpha value is -0.120. The molecule has 3 nitrogen and oxygen atoms in total. The standard InChI is InChI=1S/C16H34N2O/c1-5-19-10-9-18(4)16(13-17)8-6-7-15(12-16)11-14(2)3/h14-15H,5-13,17H2,1-4H3. The van der Waals surface area contributed by atoms with E-state index in [2.05, 4.69) is 32.7 Å². The lowest BCUT2D eigenvalue weighted by Gasteiger charge is -2.47. The molecular weight excluding hydrogens is 236 g/mol. The molecule has 0 heterocycles. The van der Waals surface area contributed by atoms with Gasteiger partial charge in [0, 0.05) is 25.2 Å². The van der Waals surface area contributed by atoms with Gasteiger partial charge in [-0.25, -0.2) is 0 Å². The summed E-state index contributed by atoms with van der Waals surface area (Å²) in [5.41, 5.74) is 6.37. The van der Waals surface area contributed by atoms with Crippen molar-refractivity contribution in [3.63, 3.8) is 0 Å². The largest absolute Gasteiger partial charge is 0.380 e. The molecule has 0 bridgehead atoms. The highest BCUT2D eigenvalue weighted by atomic mass is 16.5. The maximum atomic E-state index is 6.15. The second kappa shape index (κ2) is 8.23. The first kappa shape index (κ1) is 16.9. The van der Waals surface area contributed by atoms with E-state index in [1.807, 2.05) is 0 Å². The van der Waals surface area contributed by atoms with Crippen LogP contribution in [-0.2, 0) is 4.74 Å². The predicted molar refractivity (Wildman–Crippen MR) is 82.3 cm³/mol. The quantitative estimate of drug-likeness (QED) is 0.689. The van der Waals surface area contributed by atoms with E-state index in [9.17, 15) is 0 Å². The van der Waals surface area contributed by atoms with Gasteiger partial charge in [-0.05, 0) is 45.1 Å². The van der Waals surface area contributed by atoms with Gasteiger partial charge in [0.15, 0.2) is 0 Å². The number of likely N-dealkylation sites (N-methyl/N-ethyl adjacent to an activating group) is 1. The van der Waals surface area contributed by atoms with Crippen LogP contribution < -0.4 is 5.73 Å². The van der Waals surface area contributed by atoms with Crippen molar-refractivity contribution in [1.82, 2.24) is 4.90 Å². The molecule has 2 atom stereocenters. The highest BCUT2D eigenvalue weighted by Crippen LogP contribution is 2.38. The van der Waals surface area contributed by atoms with Crippen LogP contribution in [0.4, 0.5) is 0 Å². The summed E-state index contributed by atoms with van der Waals surface area (Å²) in [6.45, 7) is 10.1. The summed E-state index contributed by atoms with van der Waals surface area (Å²) in [5.74, 6) is 1.65. The number of nitrogens with zero attached hydrogens (tertiary/aromatic N) is 1. The van der Waals surface area contributed by atoms with E-state index in [1.54, 1.807) is 0 Å². The highest BCUT2D eigenvalue weighted by Gasteiger charge is 2.38. The Bertz CT molecular complexity index is 245. The molecule has 1 aliphatic rings. The Morgan fingerprint density at radius 1 is 1.42 bits per heavy atom. The summed E-state index contributed by atoms with van der Waals surface area (Å²) < 4.78 is 5.49. The normalized spacial score (nSPS) is 28.3. The predicted octanol–water partition coefficient (Wildman–Crippen LogP) is 2.89. The van der Waals surface area contributed by atoms with Crippen molar-refractivity contribution in [3.8, 4) is 0 Å². The van der Waals surface area contributed by atoms with Gasteiger partial charge in [-0.1, -0.05) is 26.7 Å². The fourth-order valence-corrected chi connectivity index (χ4v) is 3.60. The van der Waals surface area contributed by atoms with E-state index < -0.39 is 0 Å². The zero-order valence-corrected chi connectivity index (χ0v) is 13.5. The van der Waals surface area contributed by atoms with Gasteiger partial charge < -0.3 is 10.5 Å². The third-order valence-corrected chi connectivity index (χ3v) is 4.69. The molecule has 1 rings (SSSR count). The van der Waals surface area contributed by atoms with Crippen LogP contribution in [0.5, 0.6) is 0 Å².